The van der Waals surface area contributed by atoms with E-state index in [0.717, 1.165) is 22.4 Å². The molecule has 0 aliphatic heterocycles. The summed E-state index contributed by atoms with van der Waals surface area (Å²) in [4.78, 5) is 12.0. The van der Waals surface area contributed by atoms with E-state index in [1.54, 1.807) is 7.11 Å². The van der Waals surface area contributed by atoms with Crippen LogP contribution in [-0.4, -0.2) is 20.2 Å². The van der Waals surface area contributed by atoms with E-state index in [4.69, 9.17) is 9.47 Å². The summed E-state index contributed by atoms with van der Waals surface area (Å²) in [6, 6.07) is 4.02. The molecule has 0 spiro atoms. The Balaban J connectivity index is 3.40. The van der Waals surface area contributed by atoms with E-state index < -0.39 is 0 Å². The number of carbonyl (C=O) groups excluding carboxylic acids is 1. The molecular weight excluding hydrogens is 228 g/mol. The van der Waals surface area contributed by atoms with E-state index in [1.807, 2.05) is 33.8 Å². The predicted octanol–water partition coefficient (Wildman–Crippen LogP) is 3.22. The summed E-state index contributed by atoms with van der Waals surface area (Å²) in [5.74, 6) is 0.421. The number of aryl methyl sites for hydroxylation is 2. The molecule has 0 fully saturated rings. The molecule has 1 atom stereocenters. The maximum absolute atomic E-state index is 12.0. The lowest BCUT2D eigenvalue weighted by atomic mass is 9.84. The summed E-state index contributed by atoms with van der Waals surface area (Å²) >= 11 is 0. The first-order chi connectivity index (χ1) is 8.42. The minimum atomic E-state index is -0.287. The number of esters is 1. The number of hydrogen-bond acceptors (Lipinski definition) is 3. The Labute approximate surface area is 109 Å². The third-order valence-electron chi connectivity index (χ3n) is 3.15. The van der Waals surface area contributed by atoms with Gasteiger partial charge < -0.3 is 9.47 Å². The van der Waals surface area contributed by atoms with Gasteiger partial charge in [-0.05, 0) is 37.0 Å². The Morgan fingerprint density at radius 3 is 2.22 bits per heavy atom. The molecule has 0 saturated heterocycles. The quantitative estimate of drug-likeness (QED) is 0.770. The molecule has 100 valence electrons. The highest BCUT2D eigenvalue weighted by atomic mass is 16.5. The number of benzene rings is 1. The minimum Gasteiger partial charge on any atom is -0.496 e. The lowest BCUT2D eigenvalue weighted by molar-refractivity contribution is -0.143. The van der Waals surface area contributed by atoms with Crippen molar-refractivity contribution in [1.82, 2.24) is 0 Å². The van der Waals surface area contributed by atoms with Gasteiger partial charge in [0.05, 0.1) is 20.1 Å². The molecule has 0 aromatic heterocycles. The van der Waals surface area contributed by atoms with Crippen LogP contribution >= 0.6 is 0 Å². The summed E-state index contributed by atoms with van der Waals surface area (Å²) in [5.41, 5.74) is 3.13. The summed E-state index contributed by atoms with van der Waals surface area (Å²) in [5, 5.41) is 0. The molecule has 3 heteroatoms. The van der Waals surface area contributed by atoms with Gasteiger partial charge >= 0.3 is 5.97 Å². The van der Waals surface area contributed by atoms with Gasteiger partial charge in [-0.3, -0.25) is 4.79 Å². The van der Waals surface area contributed by atoms with Gasteiger partial charge in [0.15, 0.2) is 0 Å². The third kappa shape index (κ3) is 2.84. The van der Waals surface area contributed by atoms with Crippen LogP contribution in [0.15, 0.2) is 12.1 Å². The first-order valence-electron chi connectivity index (χ1n) is 6.15. The second-order valence-corrected chi connectivity index (χ2v) is 4.94. The lowest BCUT2D eigenvalue weighted by Gasteiger charge is -2.23. The molecule has 0 bridgehead atoms. The Morgan fingerprint density at radius 1 is 1.17 bits per heavy atom. The van der Waals surface area contributed by atoms with Crippen LogP contribution in [0.1, 0.15) is 36.5 Å². The molecule has 1 aromatic rings. The van der Waals surface area contributed by atoms with Crippen LogP contribution in [0, 0.1) is 19.8 Å². The summed E-state index contributed by atoms with van der Waals surface area (Å²) in [6.45, 7) is 8.05. The molecule has 1 rings (SSSR count). The zero-order valence-corrected chi connectivity index (χ0v) is 12.0. The standard InChI is InChI=1S/C15H22O3/c1-9(2)13(15(16)18-6)14-11(4)7-10(3)8-12(14)17-5/h7-9,13H,1-6H3. The van der Waals surface area contributed by atoms with E-state index in [0.29, 0.717) is 0 Å². The first kappa shape index (κ1) is 14.6. The van der Waals surface area contributed by atoms with Crippen LogP contribution in [-0.2, 0) is 9.53 Å². The van der Waals surface area contributed by atoms with Gasteiger partial charge in [0.25, 0.3) is 0 Å². The Morgan fingerprint density at radius 2 is 1.78 bits per heavy atom. The van der Waals surface area contributed by atoms with Gasteiger partial charge in [0.2, 0.25) is 0 Å². The molecule has 18 heavy (non-hydrogen) atoms. The summed E-state index contributed by atoms with van der Waals surface area (Å²) in [7, 11) is 3.06. The van der Waals surface area contributed by atoms with Gasteiger partial charge in [0, 0.05) is 5.56 Å². The summed E-state index contributed by atoms with van der Waals surface area (Å²) < 4.78 is 10.3. The van der Waals surface area contributed by atoms with Crippen molar-refractivity contribution in [3.8, 4) is 5.75 Å². The Kier molecular flexibility index (Phi) is 4.76. The van der Waals surface area contributed by atoms with Crippen molar-refractivity contribution in [3.63, 3.8) is 0 Å². The average Bonchev–Trinajstić information content (AvgIpc) is 2.30. The van der Waals surface area contributed by atoms with Crippen LogP contribution in [0.4, 0.5) is 0 Å². The van der Waals surface area contributed by atoms with Crippen LogP contribution < -0.4 is 4.74 Å². The van der Waals surface area contributed by atoms with Crippen molar-refractivity contribution in [1.29, 1.82) is 0 Å². The maximum Gasteiger partial charge on any atom is 0.313 e. The molecule has 0 amide bonds. The average molecular weight is 250 g/mol. The molecule has 3 nitrogen and oxygen atoms in total. The molecule has 0 heterocycles. The van der Waals surface area contributed by atoms with Crippen molar-refractivity contribution in [3.05, 3.63) is 28.8 Å². The van der Waals surface area contributed by atoms with Crippen LogP contribution in [0.3, 0.4) is 0 Å². The molecule has 0 radical (unpaired) electrons. The van der Waals surface area contributed by atoms with Crippen molar-refractivity contribution in [2.75, 3.05) is 14.2 Å². The van der Waals surface area contributed by atoms with Gasteiger partial charge in [-0.2, -0.15) is 0 Å². The Hall–Kier alpha value is -1.51. The maximum atomic E-state index is 12.0. The molecule has 1 aromatic carbocycles. The zero-order chi connectivity index (χ0) is 13.9. The monoisotopic (exact) mass is 250 g/mol. The number of hydrogen-bond donors (Lipinski definition) is 0. The highest BCUT2D eigenvalue weighted by Crippen LogP contribution is 2.36. The van der Waals surface area contributed by atoms with E-state index in [9.17, 15) is 4.79 Å². The highest BCUT2D eigenvalue weighted by Gasteiger charge is 2.29. The van der Waals surface area contributed by atoms with E-state index in [-0.39, 0.29) is 17.8 Å². The van der Waals surface area contributed by atoms with E-state index >= 15 is 0 Å². The number of carbonyl (C=O) groups is 1. The van der Waals surface area contributed by atoms with Crippen molar-refractivity contribution < 1.29 is 14.3 Å². The number of methoxy groups -OCH3 is 2. The Bertz CT molecular complexity index is 436. The molecule has 0 N–H and O–H groups in total. The molecule has 0 saturated carbocycles. The van der Waals surface area contributed by atoms with E-state index in [2.05, 4.69) is 6.07 Å². The minimum absolute atomic E-state index is 0.160. The molecule has 1 unspecified atom stereocenters. The van der Waals surface area contributed by atoms with Gasteiger partial charge in [-0.25, -0.2) is 0 Å². The van der Waals surface area contributed by atoms with E-state index in [1.165, 1.54) is 7.11 Å². The second kappa shape index (κ2) is 5.89. The normalized spacial score (nSPS) is 12.4. The van der Waals surface area contributed by atoms with Gasteiger partial charge in [0.1, 0.15) is 5.75 Å². The fourth-order valence-electron chi connectivity index (χ4n) is 2.36. The fourth-order valence-corrected chi connectivity index (χ4v) is 2.36. The molecule has 0 aliphatic rings. The van der Waals surface area contributed by atoms with Crippen molar-refractivity contribution in [2.24, 2.45) is 5.92 Å². The highest BCUT2D eigenvalue weighted by molar-refractivity contribution is 5.80. The predicted molar refractivity (Wildman–Crippen MR) is 72.1 cm³/mol. The van der Waals surface area contributed by atoms with Crippen LogP contribution in [0.5, 0.6) is 5.75 Å². The van der Waals surface area contributed by atoms with Crippen LogP contribution in [0.25, 0.3) is 0 Å². The van der Waals surface area contributed by atoms with Crippen molar-refractivity contribution in [2.45, 2.75) is 33.6 Å². The second-order valence-electron chi connectivity index (χ2n) is 4.94. The van der Waals surface area contributed by atoms with Crippen molar-refractivity contribution >= 4 is 5.97 Å². The number of rotatable bonds is 4. The number of ether oxygens (including phenoxy) is 2. The molecule has 0 aliphatic carbocycles. The van der Waals surface area contributed by atoms with Crippen LogP contribution in [0.2, 0.25) is 0 Å². The first-order valence-corrected chi connectivity index (χ1v) is 6.15. The summed E-state index contributed by atoms with van der Waals surface area (Å²) in [6.07, 6.45) is 0. The molecular formula is C15H22O3. The lowest BCUT2D eigenvalue weighted by Crippen LogP contribution is -2.21. The topological polar surface area (TPSA) is 35.5 Å². The fraction of sp³-hybridized carbons (Fsp3) is 0.533. The largest absolute Gasteiger partial charge is 0.496 e. The van der Waals surface area contributed by atoms with Gasteiger partial charge in [-0.1, -0.05) is 19.9 Å². The van der Waals surface area contributed by atoms with Gasteiger partial charge in [-0.15, -0.1) is 0 Å². The SMILES string of the molecule is COC(=O)C(c1c(C)cc(C)cc1OC)C(C)C. The smallest absolute Gasteiger partial charge is 0.313 e. The zero-order valence-electron chi connectivity index (χ0n) is 12.0. The third-order valence-corrected chi connectivity index (χ3v) is 3.15.